The van der Waals surface area contributed by atoms with Crippen LogP contribution in [0.25, 0.3) is 11.4 Å². The maximum Gasteiger partial charge on any atom is 0.188 e. The van der Waals surface area contributed by atoms with E-state index in [9.17, 15) is 4.39 Å². The lowest BCUT2D eigenvalue weighted by Gasteiger charge is -2.02. The summed E-state index contributed by atoms with van der Waals surface area (Å²) < 4.78 is 15.1. The monoisotopic (exact) mass is 226 g/mol. The quantitative estimate of drug-likeness (QED) is 0.699. The van der Waals surface area contributed by atoms with Crippen molar-refractivity contribution in [2.75, 3.05) is 0 Å². The molecule has 2 aromatic rings. The number of hydrogen-bond donors (Lipinski definition) is 0. The van der Waals surface area contributed by atoms with E-state index in [0.29, 0.717) is 5.69 Å². The molecule has 0 N–H and O–H groups in total. The summed E-state index contributed by atoms with van der Waals surface area (Å²) in [5.74, 6) is -0.623. The van der Waals surface area contributed by atoms with Crippen LogP contribution in [0.4, 0.5) is 4.39 Å². The average molecular weight is 227 g/mol. The largest absolute Gasteiger partial charge is 0.266 e. The van der Waals surface area contributed by atoms with Gasteiger partial charge in [0.25, 0.3) is 0 Å². The SMILES string of the molecule is Cc1cc(-c2ncnc(Cl)c2F)n(C)n1. The molecule has 2 heterocycles. The number of rotatable bonds is 1. The van der Waals surface area contributed by atoms with E-state index in [-0.39, 0.29) is 10.8 Å². The predicted molar refractivity (Wildman–Crippen MR) is 53.9 cm³/mol. The molecule has 78 valence electrons. The molecular formula is C9H8ClFN4. The molecule has 15 heavy (non-hydrogen) atoms. The van der Waals surface area contributed by atoms with Gasteiger partial charge in [0.2, 0.25) is 0 Å². The van der Waals surface area contributed by atoms with E-state index < -0.39 is 5.82 Å². The molecule has 0 atom stereocenters. The molecule has 0 saturated heterocycles. The average Bonchev–Trinajstić information content (AvgIpc) is 2.50. The summed E-state index contributed by atoms with van der Waals surface area (Å²) in [7, 11) is 1.72. The van der Waals surface area contributed by atoms with E-state index in [4.69, 9.17) is 11.6 Å². The van der Waals surface area contributed by atoms with Crippen molar-refractivity contribution >= 4 is 11.6 Å². The van der Waals surface area contributed by atoms with Crippen molar-refractivity contribution in [2.45, 2.75) is 6.92 Å². The van der Waals surface area contributed by atoms with Crippen LogP contribution < -0.4 is 0 Å². The van der Waals surface area contributed by atoms with E-state index in [1.54, 1.807) is 17.8 Å². The maximum atomic E-state index is 13.6. The third-order valence-electron chi connectivity index (χ3n) is 1.99. The summed E-state index contributed by atoms with van der Waals surface area (Å²) in [6.45, 7) is 1.82. The Kier molecular flexibility index (Phi) is 2.40. The van der Waals surface area contributed by atoms with Crippen molar-refractivity contribution in [3.05, 3.63) is 29.1 Å². The number of halogens is 2. The summed E-state index contributed by atoms with van der Waals surface area (Å²) >= 11 is 5.57. The minimum Gasteiger partial charge on any atom is -0.266 e. The van der Waals surface area contributed by atoms with Crippen molar-refractivity contribution in [3.8, 4) is 11.4 Å². The molecule has 0 bridgehead atoms. The molecule has 2 rings (SSSR count). The first-order chi connectivity index (χ1) is 7.09. The highest BCUT2D eigenvalue weighted by Gasteiger charge is 2.14. The lowest BCUT2D eigenvalue weighted by atomic mass is 10.2. The van der Waals surface area contributed by atoms with Gasteiger partial charge in [0.05, 0.1) is 11.4 Å². The van der Waals surface area contributed by atoms with Crippen molar-refractivity contribution in [1.29, 1.82) is 0 Å². The van der Waals surface area contributed by atoms with Crippen LogP contribution >= 0.6 is 11.6 Å². The number of aryl methyl sites for hydroxylation is 2. The second kappa shape index (κ2) is 3.58. The molecule has 0 saturated carbocycles. The second-order valence-corrected chi connectivity index (χ2v) is 3.48. The van der Waals surface area contributed by atoms with Gasteiger partial charge in [0.1, 0.15) is 12.0 Å². The Labute approximate surface area is 90.7 Å². The zero-order valence-corrected chi connectivity index (χ0v) is 8.96. The molecule has 0 aromatic carbocycles. The molecule has 0 aliphatic carbocycles. The van der Waals surface area contributed by atoms with Crippen LogP contribution in [0, 0.1) is 12.7 Å². The first-order valence-corrected chi connectivity index (χ1v) is 4.64. The van der Waals surface area contributed by atoms with Crippen LogP contribution in [0.1, 0.15) is 5.69 Å². The van der Waals surface area contributed by atoms with Gasteiger partial charge in [-0.05, 0) is 13.0 Å². The molecular weight excluding hydrogens is 219 g/mol. The number of nitrogens with zero attached hydrogens (tertiary/aromatic N) is 4. The highest BCUT2D eigenvalue weighted by Crippen LogP contribution is 2.23. The minimum atomic E-state index is -0.623. The van der Waals surface area contributed by atoms with Crippen LogP contribution in [0.2, 0.25) is 5.15 Å². The highest BCUT2D eigenvalue weighted by atomic mass is 35.5. The number of hydrogen-bond acceptors (Lipinski definition) is 3. The van der Waals surface area contributed by atoms with Gasteiger partial charge in [-0.2, -0.15) is 5.10 Å². The first-order valence-electron chi connectivity index (χ1n) is 4.26. The second-order valence-electron chi connectivity index (χ2n) is 3.12. The van der Waals surface area contributed by atoms with Crippen molar-refractivity contribution in [1.82, 2.24) is 19.7 Å². The fourth-order valence-electron chi connectivity index (χ4n) is 1.36. The normalized spacial score (nSPS) is 10.7. The van der Waals surface area contributed by atoms with Gasteiger partial charge < -0.3 is 0 Å². The Morgan fingerprint density at radius 3 is 2.73 bits per heavy atom. The fraction of sp³-hybridized carbons (Fsp3) is 0.222. The third-order valence-corrected chi connectivity index (χ3v) is 2.26. The molecule has 0 fully saturated rings. The molecule has 0 aliphatic heterocycles. The van der Waals surface area contributed by atoms with Crippen LogP contribution in [-0.2, 0) is 7.05 Å². The molecule has 2 aromatic heterocycles. The molecule has 4 nitrogen and oxygen atoms in total. The van der Waals surface area contributed by atoms with Gasteiger partial charge in [0, 0.05) is 7.05 Å². The Balaban J connectivity index is 2.64. The van der Waals surface area contributed by atoms with E-state index in [1.165, 1.54) is 6.33 Å². The Morgan fingerprint density at radius 1 is 1.40 bits per heavy atom. The van der Waals surface area contributed by atoms with Crippen molar-refractivity contribution < 1.29 is 4.39 Å². The molecule has 0 radical (unpaired) electrons. The molecule has 0 spiro atoms. The molecule has 0 aliphatic rings. The topological polar surface area (TPSA) is 43.6 Å². The number of aromatic nitrogens is 4. The van der Waals surface area contributed by atoms with Crippen LogP contribution in [0.3, 0.4) is 0 Å². The Hall–Kier alpha value is -1.49. The van der Waals surface area contributed by atoms with Gasteiger partial charge >= 0.3 is 0 Å². The van der Waals surface area contributed by atoms with Crippen LogP contribution in [0.5, 0.6) is 0 Å². The Morgan fingerprint density at radius 2 is 2.13 bits per heavy atom. The zero-order chi connectivity index (χ0) is 11.0. The van der Waals surface area contributed by atoms with E-state index in [1.807, 2.05) is 6.92 Å². The lowest BCUT2D eigenvalue weighted by Crippen LogP contribution is -1.99. The third kappa shape index (κ3) is 1.70. The zero-order valence-electron chi connectivity index (χ0n) is 8.20. The predicted octanol–water partition coefficient (Wildman–Crippen LogP) is 1.98. The molecule has 0 unspecified atom stereocenters. The van der Waals surface area contributed by atoms with Gasteiger partial charge in [-0.15, -0.1) is 0 Å². The Bertz CT molecular complexity index is 509. The van der Waals surface area contributed by atoms with Crippen LogP contribution in [-0.4, -0.2) is 19.7 Å². The van der Waals surface area contributed by atoms with Gasteiger partial charge in [0.15, 0.2) is 11.0 Å². The standard InChI is InChI=1S/C9H8ClFN4/c1-5-3-6(15(2)14-5)8-7(11)9(10)13-4-12-8/h3-4H,1-2H3. The van der Waals surface area contributed by atoms with Gasteiger partial charge in [-0.3, -0.25) is 4.68 Å². The summed E-state index contributed by atoms with van der Waals surface area (Å²) in [6.07, 6.45) is 1.23. The molecule has 0 amide bonds. The summed E-state index contributed by atoms with van der Waals surface area (Å²) in [5, 5.41) is 3.92. The van der Waals surface area contributed by atoms with Crippen LogP contribution in [0.15, 0.2) is 12.4 Å². The van der Waals surface area contributed by atoms with E-state index in [0.717, 1.165) is 5.69 Å². The first kappa shape index (κ1) is 10.0. The lowest BCUT2D eigenvalue weighted by molar-refractivity contribution is 0.614. The van der Waals surface area contributed by atoms with Crippen molar-refractivity contribution in [3.63, 3.8) is 0 Å². The van der Waals surface area contributed by atoms with Gasteiger partial charge in [-0.1, -0.05) is 11.6 Å². The summed E-state index contributed by atoms with van der Waals surface area (Å²) in [5.41, 5.74) is 1.54. The smallest absolute Gasteiger partial charge is 0.188 e. The maximum absolute atomic E-state index is 13.6. The fourth-order valence-corrected chi connectivity index (χ4v) is 1.49. The van der Waals surface area contributed by atoms with E-state index >= 15 is 0 Å². The summed E-state index contributed by atoms with van der Waals surface area (Å²) in [6, 6.07) is 1.74. The van der Waals surface area contributed by atoms with Gasteiger partial charge in [-0.25, -0.2) is 14.4 Å². The minimum absolute atomic E-state index is 0.165. The van der Waals surface area contributed by atoms with Crippen molar-refractivity contribution in [2.24, 2.45) is 7.05 Å². The summed E-state index contributed by atoms with van der Waals surface area (Å²) in [4.78, 5) is 7.40. The van der Waals surface area contributed by atoms with E-state index in [2.05, 4.69) is 15.1 Å². The highest BCUT2D eigenvalue weighted by molar-refractivity contribution is 6.29. The molecule has 6 heteroatoms.